The van der Waals surface area contributed by atoms with Crippen LogP contribution >= 0.6 is 11.8 Å². The lowest BCUT2D eigenvalue weighted by Gasteiger charge is -2.23. The van der Waals surface area contributed by atoms with E-state index in [1.54, 1.807) is 25.7 Å². The highest BCUT2D eigenvalue weighted by Gasteiger charge is 2.30. The summed E-state index contributed by atoms with van der Waals surface area (Å²) in [7, 11) is 3.61. The van der Waals surface area contributed by atoms with Gasteiger partial charge >= 0.3 is 5.97 Å². The van der Waals surface area contributed by atoms with Crippen molar-refractivity contribution in [2.45, 2.75) is 37.3 Å². The van der Waals surface area contributed by atoms with Crippen molar-refractivity contribution in [1.29, 1.82) is 0 Å². The highest BCUT2D eigenvalue weighted by atomic mass is 32.2. The monoisotopic (exact) mass is 271 g/mol. The molecule has 6 heteroatoms. The van der Waals surface area contributed by atoms with Gasteiger partial charge in [-0.3, -0.25) is 9.48 Å². The van der Waals surface area contributed by atoms with E-state index in [2.05, 4.69) is 10.4 Å². The van der Waals surface area contributed by atoms with Gasteiger partial charge in [-0.15, -0.1) is 11.8 Å². The van der Waals surface area contributed by atoms with E-state index in [1.165, 1.54) is 0 Å². The largest absolute Gasteiger partial charge is 0.480 e. The molecule has 1 rings (SSSR count). The van der Waals surface area contributed by atoms with Gasteiger partial charge in [0.25, 0.3) is 0 Å². The minimum Gasteiger partial charge on any atom is -0.480 e. The van der Waals surface area contributed by atoms with E-state index in [-0.39, 0.29) is 0 Å². The van der Waals surface area contributed by atoms with Crippen LogP contribution < -0.4 is 5.32 Å². The molecule has 18 heavy (non-hydrogen) atoms. The number of aryl methyl sites for hydroxylation is 2. The second-order valence-electron chi connectivity index (χ2n) is 4.59. The molecule has 0 bridgehead atoms. The zero-order valence-corrected chi connectivity index (χ0v) is 12.2. The highest BCUT2D eigenvalue weighted by Crippen LogP contribution is 2.21. The molecule has 1 aromatic heterocycles. The third-order valence-electron chi connectivity index (χ3n) is 3.05. The number of hydrogen-bond donors (Lipinski definition) is 2. The zero-order chi connectivity index (χ0) is 13.8. The molecule has 0 saturated heterocycles. The molecule has 1 heterocycles. The van der Waals surface area contributed by atoms with Crippen molar-refractivity contribution in [3.05, 3.63) is 11.8 Å². The fourth-order valence-electron chi connectivity index (χ4n) is 1.66. The molecule has 0 spiro atoms. The summed E-state index contributed by atoms with van der Waals surface area (Å²) in [6.45, 7) is 3.68. The lowest BCUT2D eigenvalue weighted by Crippen LogP contribution is -2.47. The molecule has 1 unspecified atom stereocenters. The molecule has 0 aliphatic carbocycles. The van der Waals surface area contributed by atoms with Gasteiger partial charge in [-0.05, 0) is 45.6 Å². The quantitative estimate of drug-likeness (QED) is 0.583. The smallest absolute Gasteiger partial charge is 0.323 e. The molecule has 0 aromatic carbocycles. The molecule has 5 nitrogen and oxygen atoms in total. The standard InChI is InChI=1S/C12H21N3O2S/c1-9-8-10(15(4)14-9)18-7-5-6-12(2,13-3)11(16)17/h8,13H,5-7H2,1-4H3,(H,16,17). The highest BCUT2D eigenvalue weighted by molar-refractivity contribution is 7.99. The number of carboxylic acids is 1. The van der Waals surface area contributed by atoms with Crippen molar-refractivity contribution in [2.75, 3.05) is 12.8 Å². The van der Waals surface area contributed by atoms with E-state index in [1.807, 2.05) is 24.7 Å². The molecule has 1 aromatic rings. The molecule has 0 saturated carbocycles. The van der Waals surface area contributed by atoms with Gasteiger partial charge in [0.2, 0.25) is 0 Å². The van der Waals surface area contributed by atoms with Crippen LogP contribution in [0, 0.1) is 6.92 Å². The van der Waals surface area contributed by atoms with E-state index < -0.39 is 11.5 Å². The van der Waals surface area contributed by atoms with Crippen molar-refractivity contribution in [3.63, 3.8) is 0 Å². The van der Waals surface area contributed by atoms with Gasteiger partial charge < -0.3 is 10.4 Å². The van der Waals surface area contributed by atoms with E-state index >= 15 is 0 Å². The summed E-state index contributed by atoms with van der Waals surface area (Å²) in [4.78, 5) is 11.1. The Kier molecular flexibility index (Phi) is 5.22. The van der Waals surface area contributed by atoms with Gasteiger partial charge in [0.05, 0.1) is 10.7 Å². The Bertz CT molecular complexity index is 419. The predicted octanol–water partition coefficient (Wildman–Crippen LogP) is 1.66. The average Bonchev–Trinajstić information content (AvgIpc) is 2.63. The Morgan fingerprint density at radius 3 is 2.78 bits per heavy atom. The van der Waals surface area contributed by atoms with Crippen LogP contribution in [-0.2, 0) is 11.8 Å². The average molecular weight is 271 g/mol. The summed E-state index contributed by atoms with van der Waals surface area (Å²) < 4.78 is 1.86. The summed E-state index contributed by atoms with van der Waals surface area (Å²) in [6.07, 6.45) is 1.46. The van der Waals surface area contributed by atoms with Crippen LogP contribution in [0.5, 0.6) is 0 Å². The van der Waals surface area contributed by atoms with Gasteiger partial charge in [-0.25, -0.2) is 0 Å². The number of nitrogens with one attached hydrogen (secondary N) is 1. The number of aromatic nitrogens is 2. The second-order valence-corrected chi connectivity index (χ2v) is 5.70. The van der Waals surface area contributed by atoms with E-state index in [0.29, 0.717) is 6.42 Å². The lowest BCUT2D eigenvalue weighted by atomic mass is 9.97. The first-order valence-corrected chi connectivity index (χ1v) is 6.93. The lowest BCUT2D eigenvalue weighted by molar-refractivity contribution is -0.144. The number of hydrogen-bond acceptors (Lipinski definition) is 4. The van der Waals surface area contributed by atoms with Crippen LogP contribution in [0.15, 0.2) is 11.1 Å². The maximum absolute atomic E-state index is 11.1. The van der Waals surface area contributed by atoms with Gasteiger partial charge in [0.15, 0.2) is 0 Å². The number of aliphatic carboxylic acids is 1. The molecular formula is C12H21N3O2S. The van der Waals surface area contributed by atoms with E-state index in [0.717, 1.165) is 22.9 Å². The number of thioether (sulfide) groups is 1. The molecule has 0 aliphatic heterocycles. The Hall–Kier alpha value is -1.01. The van der Waals surface area contributed by atoms with Gasteiger partial charge in [-0.2, -0.15) is 5.10 Å². The number of rotatable bonds is 7. The molecule has 0 aliphatic rings. The minimum absolute atomic E-state index is 0.614. The van der Waals surface area contributed by atoms with Crippen LogP contribution in [0.3, 0.4) is 0 Å². The topological polar surface area (TPSA) is 67.2 Å². The Morgan fingerprint density at radius 1 is 1.67 bits per heavy atom. The molecule has 0 fully saturated rings. The second kappa shape index (κ2) is 6.24. The number of nitrogens with zero attached hydrogens (tertiary/aromatic N) is 2. The van der Waals surface area contributed by atoms with Crippen LogP contribution in [0.1, 0.15) is 25.5 Å². The predicted molar refractivity (Wildman–Crippen MR) is 73.0 cm³/mol. The van der Waals surface area contributed by atoms with Crippen LogP contribution in [0.25, 0.3) is 0 Å². The van der Waals surface area contributed by atoms with E-state index in [4.69, 9.17) is 5.11 Å². The van der Waals surface area contributed by atoms with Crippen molar-refractivity contribution < 1.29 is 9.90 Å². The number of likely N-dealkylation sites (N-methyl/N-ethyl adjacent to an activating group) is 1. The molecule has 1 atom stereocenters. The third-order valence-corrected chi connectivity index (χ3v) is 4.22. The first kappa shape index (κ1) is 15.0. The summed E-state index contributed by atoms with van der Waals surface area (Å²) >= 11 is 1.71. The first-order chi connectivity index (χ1) is 8.39. The van der Waals surface area contributed by atoms with Crippen molar-refractivity contribution >= 4 is 17.7 Å². The molecule has 0 radical (unpaired) electrons. The molecular weight excluding hydrogens is 250 g/mol. The summed E-state index contributed by atoms with van der Waals surface area (Å²) in [5, 5.41) is 17.4. The van der Waals surface area contributed by atoms with Crippen LogP contribution in [0.2, 0.25) is 0 Å². The fourth-order valence-corrected chi connectivity index (χ4v) is 2.64. The van der Waals surface area contributed by atoms with Gasteiger partial charge in [-0.1, -0.05) is 0 Å². The normalized spacial score (nSPS) is 14.4. The van der Waals surface area contributed by atoms with Crippen LogP contribution in [-0.4, -0.2) is 39.2 Å². The molecule has 0 amide bonds. The van der Waals surface area contributed by atoms with E-state index in [9.17, 15) is 4.79 Å². The Balaban J connectivity index is 2.39. The molecule has 102 valence electrons. The summed E-state index contributed by atoms with van der Waals surface area (Å²) in [5.41, 5.74) is 0.175. The summed E-state index contributed by atoms with van der Waals surface area (Å²) in [5.74, 6) is 0.0927. The van der Waals surface area contributed by atoms with Gasteiger partial charge in [0.1, 0.15) is 5.54 Å². The maximum Gasteiger partial charge on any atom is 0.323 e. The Morgan fingerprint density at radius 2 is 2.33 bits per heavy atom. The molecule has 2 N–H and O–H groups in total. The number of carbonyl (C=O) groups is 1. The van der Waals surface area contributed by atoms with Crippen molar-refractivity contribution in [1.82, 2.24) is 15.1 Å². The van der Waals surface area contributed by atoms with Crippen molar-refractivity contribution in [2.24, 2.45) is 7.05 Å². The van der Waals surface area contributed by atoms with Crippen molar-refractivity contribution in [3.8, 4) is 0 Å². The first-order valence-electron chi connectivity index (χ1n) is 5.95. The zero-order valence-electron chi connectivity index (χ0n) is 11.4. The SMILES string of the molecule is CNC(C)(CCCSc1cc(C)nn1C)C(=O)O. The summed E-state index contributed by atoms with van der Waals surface area (Å²) in [6, 6.07) is 2.04. The maximum atomic E-state index is 11.1. The third kappa shape index (κ3) is 3.74. The number of carboxylic acid groups (broad SMARTS) is 1. The van der Waals surface area contributed by atoms with Gasteiger partial charge in [0, 0.05) is 7.05 Å². The van der Waals surface area contributed by atoms with Crippen LogP contribution in [0.4, 0.5) is 0 Å². The minimum atomic E-state index is -0.830. The Labute approximate surface area is 112 Å². The fraction of sp³-hybridized carbons (Fsp3) is 0.667.